The first-order chi connectivity index (χ1) is 10.9. The molecule has 126 valence electrons. The Morgan fingerprint density at radius 1 is 1.09 bits per heavy atom. The molecule has 2 heterocycles. The van der Waals surface area contributed by atoms with Gasteiger partial charge in [0.2, 0.25) is 0 Å². The highest BCUT2D eigenvalue weighted by Crippen LogP contribution is 2.41. The van der Waals surface area contributed by atoms with Gasteiger partial charge in [0.1, 0.15) is 0 Å². The zero-order valence-corrected chi connectivity index (χ0v) is 14.5. The number of benzene rings is 1. The fourth-order valence-corrected chi connectivity index (χ4v) is 3.83. The third kappa shape index (κ3) is 3.75. The quantitative estimate of drug-likeness (QED) is 0.838. The maximum Gasteiger partial charge on any atom is 0.357 e. The summed E-state index contributed by atoms with van der Waals surface area (Å²) >= 11 is 0. The van der Waals surface area contributed by atoms with E-state index in [4.69, 9.17) is 4.84 Å². The molecule has 0 N–H and O–H groups in total. The minimum Gasteiger partial charge on any atom is -0.364 e. The largest absolute Gasteiger partial charge is 0.364 e. The molecule has 0 bridgehead atoms. The number of hydrogen-bond acceptors (Lipinski definition) is 4. The van der Waals surface area contributed by atoms with Gasteiger partial charge in [0.05, 0.1) is 5.56 Å². The van der Waals surface area contributed by atoms with Crippen LogP contribution in [-0.2, 0) is 4.84 Å². The van der Waals surface area contributed by atoms with Gasteiger partial charge in [-0.1, -0.05) is 18.2 Å². The van der Waals surface area contributed by atoms with Gasteiger partial charge < -0.3 is 4.84 Å². The van der Waals surface area contributed by atoms with Crippen molar-refractivity contribution in [3.8, 4) is 0 Å². The maximum absolute atomic E-state index is 12.3. The number of likely N-dealkylation sites (tertiary alicyclic amines) is 1. The average molecular weight is 316 g/mol. The van der Waals surface area contributed by atoms with Crippen LogP contribution in [0.25, 0.3) is 0 Å². The number of carbonyl (C=O) groups is 1. The van der Waals surface area contributed by atoms with Gasteiger partial charge >= 0.3 is 5.97 Å². The lowest BCUT2D eigenvalue weighted by atomic mass is 9.80. The van der Waals surface area contributed by atoms with Crippen molar-refractivity contribution in [1.82, 2.24) is 9.96 Å². The van der Waals surface area contributed by atoms with Crippen molar-refractivity contribution in [2.45, 2.75) is 45.6 Å². The monoisotopic (exact) mass is 316 g/mol. The number of carbonyl (C=O) groups excluding carboxylic acids is 1. The van der Waals surface area contributed by atoms with Crippen LogP contribution in [0.2, 0.25) is 0 Å². The Hall–Kier alpha value is -1.39. The standard InChI is InChI=1S/C19H28N2O2/c1-18(2,3)20-13-11-19(14-20)10-7-12-21(15-19)23-17(22)16-8-5-4-6-9-16/h4-6,8-9H,7,10-15H2,1-3H3. The third-order valence-corrected chi connectivity index (χ3v) is 5.23. The molecule has 2 fully saturated rings. The molecule has 2 aliphatic rings. The molecule has 4 heteroatoms. The lowest BCUT2D eigenvalue weighted by Gasteiger charge is -2.40. The van der Waals surface area contributed by atoms with E-state index in [0.29, 0.717) is 5.56 Å². The summed E-state index contributed by atoms with van der Waals surface area (Å²) in [5.41, 5.74) is 1.12. The second-order valence-corrected chi connectivity index (χ2v) is 8.05. The Balaban J connectivity index is 1.62. The molecule has 0 aromatic heterocycles. The third-order valence-electron chi connectivity index (χ3n) is 5.23. The van der Waals surface area contributed by atoms with Crippen LogP contribution >= 0.6 is 0 Å². The molecule has 0 amide bonds. The smallest absolute Gasteiger partial charge is 0.357 e. The van der Waals surface area contributed by atoms with Gasteiger partial charge in [0.25, 0.3) is 0 Å². The van der Waals surface area contributed by atoms with Gasteiger partial charge in [-0.15, -0.1) is 5.06 Å². The predicted molar refractivity (Wildman–Crippen MR) is 91.0 cm³/mol. The van der Waals surface area contributed by atoms with E-state index in [-0.39, 0.29) is 16.9 Å². The Bertz CT molecular complexity index is 552. The molecule has 4 nitrogen and oxygen atoms in total. The van der Waals surface area contributed by atoms with Crippen LogP contribution in [-0.4, -0.2) is 47.7 Å². The average Bonchev–Trinajstić information content (AvgIpc) is 2.92. The molecule has 0 saturated carbocycles. The molecule has 0 aliphatic carbocycles. The van der Waals surface area contributed by atoms with Crippen LogP contribution in [0, 0.1) is 5.41 Å². The van der Waals surface area contributed by atoms with Crippen LogP contribution in [0.3, 0.4) is 0 Å². The second-order valence-electron chi connectivity index (χ2n) is 8.05. The Morgan fingerprint density at radius 3 is 2.48 bits per heavy atom. The first-order valence-corrected chi connectivity index (χ1v) is 8.65. The highest BCUT2D eigenvalue weighted by molar-refractivity contribution is 5.89. The van der Waals surface area contributed by atoms with Crippen molar-refractivity contribution >= 4 is 5.97 Å². The highest BCUT2D eigenvalue weighted by Gasteiger charge is 2.44. The Labute approximate surface area is 139 Å². The molecule has 2 saturated heterocycles. The molecule has 1 unspecified atom stereocenters. The molecule has 1 aromatic rings. The molecule has 3 rings (SSSR count). The minimum absolute atomic E-state index is 0.215. The summed E-state index contributed by atoms with van der Waals surface area (Å²) in [7, 11) is 0. The van der Waals surface area contributed by atoms with Gasteiger partial charge in [-0.2, -0.15) is 0 Å². The van der Waals surface area contributed by atoms with Crippen molar-refractivity contribution < 1.29 is 9.63 Å². The summed E-state index contributed by atoms with van der Waals surface area (Å²) in [6, 6.07) is 9.25. The predicted octanol–water partition coefficient (Wildman–Crippen LogP) is 3.34. The van der Waals surface area contributed by atoms with Crippen LogP contribution in [0.1, 0.15) is 50.4 Å². The van der Waals surface area contributed by atoms with Crippen LogP contribution in [0.4, 0.5) is 0 Å². The van der Waals surface area contributed by atoms with Crippen molar-refractivity contribution in [3.63, 3.8) is 0 Å². The summed E-state index contributed by atoms with van der Waals surface area (Å²) in [6.07, 6.45) is 3.53. The summed E-state index contributed by atoms with van der Waals surface area (Å²) in [5.74, 6) is -0.242. The molecule has 23 heavy (non-hydrogen) atoms. The van der Waals surface area contributed by atoms with E-state index in [2.05, 4.69) is 25.7 Å². The summed E-state index contributed by atoms with van der Waals surface area (Å²) in [5, 5.41) is 1.89. The first-order valence-electron chi connectivity index (χ1n) is 8.65. The Morgan fingerprint density at radius 2 is 1.83 bits per heavy atom. The molecule has 2 aliphatic heterocycles. The van der Waals surface area contributed by atoms with E-state index in [9.17, 15) is 4.79 Å². The molecule has 1 spiro atoms. The van der Waals surface area contributed by atoms with E-state index in [1.165, 1.54) is 12.8 Å². The number of piperidine rings is 1. The van der Waals surface area contributed by atoms with Gasteiger partial charge in [-0.25, -0.2) is 4.79 Å². The van der Waals surface area contributed by atoms with E-state index in [1.807, 2.05) is 23.3 Å². The number of hydrogen-bond donors (Lipinski definition) is 0. The number of hydroxylamine groups is 2. The lowest BCUT2D eigenvalue weighted by Crippen LogP contribution is -2.47. The number of nitrogens with zero attached hydrogens (tertiary/aromatic N) is 2. The normalized spacial score (nSPS) is 26.6. The molecule has 1 aromatic carbocycles. The Kier molecular flexibility index (Phi) is 4.47. The van der Waals surface area contributed by atoms with Gasteiger partial charge in [0, 0.05) is 30.6 Å². The van der Waals surface area contributed by atoms with Crippen LogP contribution in [0.15, 0.2) is 30.3 Å². The highest BCUT2D eigenvalue weighted by atomic mass is 16.7. The van der Waals surface area contributed by atoms with Gasteiger partial charge in [0.15, 0.2) is 0 Å². The number of rotatable bonds is 2. The fraction of sp³-hybridized carbons (Fsp3) is 0.632. The van der Waals surface area contributed by atoms with E-state index >= 15 is 0 Å². The maximum atomic E-state index is 12.3. The van der Waals surface area contributed by atoms with E-state index in [1.54, 1.807) is 12.1 Å². The molecule has 0 radical (unpaired) electrons. The topological polar surface area (TPSA) is 32.8 Å². The SMILES string of the molecule is CC(C)(C)N1CCC2(CCCN(OC(=O)c3ccccc3)C2)C1. The van der Waals surface area contributed by atoms with E-state index in [0.717, 1.165) is 32.6 Å². The van der Waals surface area contributed by atoms with Crippen LogP contribution < -0.4 is 0 Å². The van der Waals surface area contributed by atoms with Gasteiger partial charge in [-0.3, -0.25) is 4.90 Å². The zero-order valence-electron chi connectivity index (χ0n) is 14.5. The summed E-state index contributed by atoms with van der Waals surface area (Å²) in [6.45, 7) is 10.8. The van der Waals surface area contributed by atoms with Gasteiger partial charge in [-0.05, 0) is 58.7 Å². The van der Waals surface area contributed by atoms with Crippen molar-refractivity contribution in [2.75, 3.05) is 26.2 Å². The van der Waals surface area contributed by atoms with Crippen molar-refractivity contribution in [2.24, 2.45) is 5.41 Å². The molecule has 1 atom stereocenters. The zero-order chi connectivity index (χ0) is 16.5. The second kappa shape index (κ2) is 6.25. The first kappa shape index (κ1) is 16.5. The van der Waals surface area contributed by atoms with Crippen molar-refractivity contribution in [1.29, 1.82) is 0 Å². The van der Waals surface area contributed by atoms with Crippen LogP contribution in [0.5, 0.6) is 0 Å². The molecular formula is C19H28N2O2. The summed E-state index contributed by atoms with van der Waals surface area (Å²) < 4.78 is 0. The lowest BCUT2D eigenvalue weighted by molar-refractivity contribution is -0.146. The van der Waals surface area contributed by atoms with E-state index < -0.39 is 0 Å². The minimum atomic E-state index is -0.242. The van der Waals surface area contributed by atoms with Crippen molar-refractivity contribution in [3.05, 3.63) is 35.9 Å². The molecular weight excluding hydrogens is 288 g/mol. The fourth-order valence-electron chi connectivity index (χ4n) is 3.83. The summed E-state index contributed by atoms with van der Waals surface area (Å²) in [4.78, 5) is 20.5.